The van der Waals surface area contributed by atoms with E-state index in [-0.39, 0.29) is 11.4 Å². The van der Waals surface area contributed by atoms with Crippen molar-refractivity contribution in [1.82, 2.24) is 9.97 Å². The fourth-order valence-electron chi connectivity index (χ4n) is 2.17. The second-order valence-electron chi connectivity index (χ2n) is 5.94. The van der Waals surface area contributed by atoms with E-state index in [2.05, 4.69) is 15.1 Å². The Morgan fingerprint density at radius 2 is 2.28 bits per heavy atom. The molecule has 0 radical (unpaired) electrons. The van der Waals surface area contributed by atoms with Gasteiger partial charge < -0.3 is 20.4 Å². The van der Waals surface area contributed by atoms with E-state index in [1.165, 1.54) is 12.4 Å². The van der Waals surface area contributed by atoms with E-state index in [4.69, 9.17) is 26.9 Å². The zero-order valence-electron chi connectivity index (χ0n) is 13.4. The van der Waals surface area contributed by atoms with Crippen LogP contribution in [-0.2, 0) is 11.3 Å². The lowest BCUT2D eigenvalue weighted by Gasteiger charge is -2.36. The summed E-state index contributed by atoms with van der Waals surface area (Å²) in [5.41, 5.74) is 5.73. The average Bonchev–Trinajstić information content (AvgIpc) is 2.99. The number of amidine groups is 1. The summed E-state index contributed by atoms with van der Waals surface area (Å²) in [6.07, 6.45) is 2.35. The third-order valence-electron chi connectivity index (χ3n) is 3.66. The van der Waals surface area contributed by atoms with Crippen LogP contribution in [0, 0.1) is 0 Å². The molecular weight excluding hydrogens is 368 g/mol. The number of aromatic nitrogens is 2. The fraction of sp³-hybridized carbons (Fsp3) is 0.333. The lowest BCUT2D eigenvalue weighted by molar-refractivity contribution is -0.0443. The van der Waals surface area contributed by atoms with Gasteiger partial charge in [0.15, 0.2) is 10.8 Å². The lowest BCUT2D eigenvalue weighted by atomic mass is 9.92. The van der Waals surface area contributed by atoms with Crippen LogP contribution in [-0.4, -0.2) is 38.6 Å². The molecule has 25 heavy (non-hydrogen) atoms. The monoisotopic (exact) mass is 382 g/mol. The SMILES string of the molecule is CC1(C)Oc2ncc(C(=O)O/N=C(/N)c3ncc(Cl)s3)cc2C[C@H]1O. The molecule has 0 bridgehead atoms. The van der Waals surface area contributed by atoms with Crippen molar-refractivity contribution in [2.45, 2.75) is 32.0 Å². The molecule has 0 aliphatic carbocycles. The predicted octanol–water partition coefficient (Wildman–Crippen LogP) is 1.74. The Kier molecular flexibility index (Phi) is 4.63. The van der Waals surface area contributed by atoms with Gasteiger partial charge in [0.05, 0.1) is 17.9 Å². The Morgan fingerprint density at radius 3 is 2.96 bits per heavy atom. The summed E-state index contributed by atoms with van der Waals surface area (Å²) < 4.78 is 6.09. The smallest absolute Gasteiger partial charge is 0.367 e. The first kappa shape index (κ1) is 17.6. The molecule has 0 aromatic carbocycles. The van der Waals surface area contributed by atoms with Gasteiger partial charge in [0, 0.05) is 18.2 Å². The molecule has 1 aliphatic heterocycles. The molecule has 0 fully saturated rings. The molecule has 0 spiro atoms. The number of rotatable bonds is 3. The first-order chi connectivity index (χ1) is 11.8. The van der Waals surface area contributed by atoms with E-state index in [1.54, 1.807) is 19.9 Å². The zero-order valence-corrected chi connectivity index (χ0v) is 15.0. The number of aliphatic hydroxyl groups excluding tert-OH is 1. The van der Waals surface area contributed by atoms with Crippen LogP contribution in [0.2, 0.25) is 4.34 Å². The number of hydrogen-bond acceptors (Lipinski definition) is 8. The van der Waals surface area contributed by atoms with Gasteiger partial charge in [-0.3, -0.25) is 0 Å². The van der Waals surface area contributed by atoms with Crippen molar-refractivity contribution in [1.29, 1.82) is 0 Å². The van der Waals surface area contributed by atoms with Gasteiger partial charge in [-0.15, -0.1) is 0 Å². The Labute approximate surface area is 152 Å². The number of halogens is 1. The number of thiazole rings is 1. The molecule has 0 unspecified atom stereocenters. The van der Waals surface area contributed by atoms with Gasteiger partial charge in [-0.1, -0.05) is 28.1 Å². The first-order valence-corrected chi connectivity index (χ1v) is 8.48. The molecule has 1 aliphatic rings. The summed E-state index contributed by atoms with van der Waals surface area (Å²) in [7, 11) is 0. The van der Waals surface area contributed by atoms with Gasteiger partial charge in [-0.25, -0.2) is 14.8 Å². The molecule has 132 valence electrons. The zero-order chi connectivity index (χ0) is 18.2. The summed E-state index contributed by atoms with van der Waals surface area (Å²) in [4.78, 5) is 25.0. The normalized spacial score (nSPS) is 19.0. The number of carbonyl (C=O) groups excluding carboxylic acids is 1. The minimum atomic E-state index is -0.740. The minimum absolute atomic E-state index is 0.0586. The number of aliphatic hydroxyl groups is 1. The van der Waals surface area contributed by atoms with Crippen LogP contribution in [0.25, 0.3) is 0 Å². The minimum Gasteiger partial charge on any atom is -0.469 e. The third kappa shape index (κ3) is 3.73. The van der Waals surface area contributed by atoms with Gasteiger partial charge >= 0.3 is 5.97 Å². The maximum absolute atomic E-state index is 12.1. The molecule has 3 N–H and O–H groups in total. The van der Waals surface area contributed by atoms with Crippen molar-refractivity contribution in [3.8, 4) is 5.88 Å². The van der Waals surface area contributed by atoms with Gasteiger partial charge in [0.1, 0.15) is 9.94 Å². The number of hydrogen-bond donors (Lipinski definition) is 2. The number of oxime groups is 1. The van der Waals surface area contributed by atoms with Gasteiger partial charge in [0.2, 0.25) is 5.88 Å². The number of ether oxygens (including phenoxy) is 1. The molecule has 3 rings (SSSR count). The molecule has 1 atom stereocenters. The Bertz CT molecular complexity index is 852. The number of nitrogens with two attached hydrogens (primary N) is 1. The van der Waals surface area contributed by atoms with Crippen molar-refractivity contribution in [3.63, 3.8) is 0 Å². The predicted molar refractivity (Wildman–Crippen MR) is 91.9 cm³/mol. The van der Waals surface area contributed by atoms with Crippen LogP contribution in [0.3, 0.4) is 0 Å². The van der Waals surface area contributed by atoms with Crippen LogP contribution >= 0.6 is 22.9 Å². The van der Waals surface area contributed by atoms with E-state index in [0.717, 1.165) is 11.3 Å². The summed E-state index contributed by atoms with van der Waals surface area (Å²) in [5.74, 6) is -0.413. The molecule has 0 amide bonds. The number of nitrogens with zero attached hydrogens (tertiary/aromatic N) is 3. The van der Waals surface area contributed by atoms with Crippen LogP contribution < -0.4 is 10.5 Å². The molecule has 2 aromatic heterocycles. The van der Waals surface area contributed by atoms with E-state index >= 15 is 0 Å². The second-order valence-corrected chi connectivity index (χ2v) is 7.60. The van der Waals surface area contributed by atoms with Crippen LogP contribution in [0.5, 0.6) is 5.88 Å². The standard InChI is InChI=1S/C15H15ClN4O4S/c1-15(2)9(21)4-7-3-8(5-18-12(7)23-15)14(22)24-20-11(17)13-19-6-10(16)25-13/h3,5-6,9,21H,4H2,1-2H3,(H2,17,20)/t9-/m1/s1. The molecule has 0 saturated heterocycles. The van der Waals surface area contributed by atoms with Crippen molar-refractivity contribution < 1.29 is 19.5 Å². The van der Waals surface area contributed by atoms with Gasteiger partial charge in [0.25, 0.3) is 0 Å². The van der Waals surface area contributed by atoms with E-state index in [9.17, 15) is 9.90 Å². The van der Waals surface area contributed by atoms with E-state index in [1.807, 2.05) is 0 Å². The van der Waals surface area contributed by atoms with E-state index < -0.39 is 17.7 Å². The fourth-order valence-corrected chi connectivity index (χ4v) is 2.98. The average molecular weight is 383 g/mol. The van der Waals surface area contributed by atoms with E-state index in [0.29, 0.717) is 27.2 Å². The van der Waals surface area contributed by atoms with Crippen LogP contribution in [0.4, 0.5) is 0 Å². The third-order valence-corrected chi connectivity index (χ3v) is 4.80. The van der Waals surface area contributed by atoms with Gasteiger partial charge in [-0.05, 0) is 19.9 Å². The quantitative estimate of drug-likeness (QED) is 0.359. The number of pyridine rings is 1. The Morgan fingerprint density at radius 1 is 1.52 bits per heavy atom. The largest absolute Gasteiger partial charge is 0.469 e. The number of carbonyl (C=O) groups is 1. The van der Waals surface area contributed by atoms with Crippen molar-refractivity contribution >= 4 is 34.7 Å². The van der Waals surface area contributed by atoms with Crippen LogP contribution in [0.15, 0.2) is 23.6 Å². The highest BCUT2D eigenvalue weighted by molar-refractivity contribution is 7.17. The summed E-state index contributed by atoms with van der Waals surface area (Å²) in [6, 6.07) is 1.55. The maximum Gasteiger partial charge on any atom is 0.367 e. The Hall–Kier alpha value is -2.23. The summed E-state index contributed by atoms with van der Waals surface area (Å²) in [6.45, 7) is 3.54. The molecular formula is C15H15ClN4O4S. The lowest BCUT2D eigenvalue weighted by Crippen LogP contribution is -2.46. The summed E-state index contributed by atoms with van der Waals surface area (Å²) in [5, 5.41) is 14.0. The highest BCUT2D eigenvalue weighted by atomic mass is 35.5. The molecule has 10 heteroatoms. The molecule has 2 aromatic rings. The van der Waals surface area contributed by atoms with Crippen molar-refractivity contribution in [2.24, 2.45) is 10.9 Å². The molecule has 8 nitrogen and oxygen atoms in total. The molecule has 3 heterocycles. The maximum atomic E-state index is 12.1. The van der Waals surface area contributed by atoms with Gasteiger partial charge in [-0.2, -0.15) is 0 Å². The first-order valence-electron chi connectivity index (χ1n) is 7.29. The summed E-state index contributed by atoms with van der Waals surface area (Å²) >= 11 is 6.87. The van der Waals surface area contributed by atoms with Crippen LogP contribution in [0.1, 0.15) is 34.8 Å². The number of fused-ring (bicyclic) bond motifs is 1. The topological polar surface area (TPSA) is 120 Å². The van der Waals surface area contributed by atoms with Crippen molar-refractivity contribution in [3.05, 3.63) is 38.9 Å². The molecule has 0 saturated carbocycles. The highest BCUT2D eigenvalue weighted by Crippen LogP contribution is 2.32. The highest BCUT2D eigenvalue weighted by Gasteiger charge is 2.36. The second kappa shape index (κ2) is 6.58. The van der Waals surface area contributed by atoms with Crippen molar-refractivity contribution in [2.75, 3.05) is 0 Å². The Balaban J connectivity index is 1.74.